The second-order valence-corrected chi connectivity index (χ2v) is 5.01. The maximum atomic E-state index is 11.1. The van der Waals surface area contributed by atoms with Gasteiger partial charge >= 0.3 is 11.9 Å². The van der Waals surface area contributed by atoms with Gasteiger partial charge in [-0.05, 0) is 30.5 Å². The van der Waals surface area contributed by atoms with Gasteiger partial charge < -0.3 is 10.2 Å². The SMILES string of the molecule is CCCCCCCCc1ccc(C(=O)O)c(C(=O)O)c1. The number of hydrogen-bond acceptors (Lipinski definition) is 2. The van der Waals surface area contributed by atoms with Crippen LogP contribution in [0.25, 0.3) is 0 Å². The number of hydrogen-bond donors (Lipinski definition) is 2. The second kappa shape index (κ2) is 8.35. The lowest BCUT2D eigenvalue weighted by molar-refractivity contribution is 0.0651. The van der Waals surface area contributed by atoms with Gasteiger partial charge in [0.2, 0.25) is 0 Å². The molecule has 0 heterocycles. The normalized spacial score (nSPS) is 10.4. The highest BCUT2D eigenvalue weighted by atomic mass is 16.4. The average Bonchev–Trinajstić information content (AvgIpc) is 2.42. The largest absolute Gasteiger partial charge is 0.478 e. The predicted molar refractivity (Wildman–Crippen MR) is 77.4 cm³/mol. The lowest BCUT2D eigenvalue weighted by atomic mass is 9.99. The lowest BCUT2D eigenvalue weighted by Crippen LogP contribution is -2.08. The summed E-state index contributed by atoms with van der Waals surface area (Å²) in [4.78, 5) is 22.0. The standard InChI is InChI=1S/C16H22O4/c1-2-3-4-5-6-7-8-12-9-10-13(15(17)18)14(11-12)16(19)20/h9-11H,2-8H2,1H3,(H,17,18)(H,19,20). The Kier molecular flexibility index (Phi) is 6.77. The summed E-state index contributed by atoms with van der Waals surface area (Å²) in [7, 11) is 0. The third-order valence-corrected chi connectivity index (χ3v) is 3.36. The molecule has 0 aliphatic carbocycles. The van der Waals surface area contributed by atoms with E-state index in [0.29, 0.717) is 0 Å². The van der Waals surface area contributed by atoms with E-state index in [0.717, 1.165) is 24.8 Å². The number of carboxylic acids is 2. The third kappa shape index (κ3) is 5.03. The Balaban J connectivity index is 2.57. The predicted octanol–water partition coefficient (Wildman–Crippen LogP) is 3.99. The molecule has 0 radical (unpaired) electrons. The minimum absolute atomic E-state index is 0.124. The van der Waals surface area contributed by atoms with Crippen molar-refractivity contribution in [2.24, 2.45) is 0 Å². The fraction of sp³-hybridized carbons (Fsp3) is 0.500. The van der Waals surface area contributed by atoms with E-state index in [1.807, 2.05) is 0 Å². The Morgan fingerprint density at radius 1 is 0.900 bits per heavy atom. The highest BCUT2D eigenvalue weighted by Crippen LogP contribution is 2.15. The molecule has 1 aromatic carbocycles. The van der Waals surface area contributed by atoms with Gasteiger partial charge in [-0.1, -0.05) is 45.1 Å². The summed E-state index contributed by atoms with van der Waals surface area (Å²) in [5.74, 6) is -2.39. The number of aryl methyl sites for hydroxylation is 1. The van der Waals surface area contributed by atoms with Crippen molar-refractivity contribution >= 4 is 11.9 Å². The molecule has 0 saturated heterocycles. The van der Waals surface area contributed by atoms with Crippen LogP contribution in [0.15, 0.2) is 18.2 Å². The van der Waals surface area contributed by atoms with Crippen LogP contribution in [0, 0.1) is 0 Å². The van der Waals surface area contributed by atoms with Gasteiger partial charge in [-0.15, -0.1) is 0 Å². The topological polar surface area (TPSA) is 74.6 Å². The molecule has 1 rings (SSSR count). The first-order chi connectivity index (χ1) is 9.56. The van der Waals surface area contributed by atoms with Crippen molar-refractivity contribution in [3.05, 3.63) is 34.9 Å². The van der Waals surface area contributed by atoms with E-state index in [1.54, 1.807) is 6.07 Å². The molecule has 0 amide bonds. The zero-order valence-corrected chi connectivity index (χ0v) is 11.9. The molecule has 0 saturated carbocycles. The van der Waals surface area contributed by atoms with E-state index in [-0.39, 0.29) is 11.1 Å². The first-order valence-corrected chi connectivity index (χ1v) is 7.15. The van der Waals surface area contributed by atoms with Crippen LogP contribution in [-0.4, -0.2) is 22.2 Å². The number of unbranched alkanes of at least 4 members (excludes halogenated alkanes) is 5. The number of aromatic carboxylic acids is 2. The monoisotopic (exact) mass is 278 g/mol. The summed E-state index contributed by atoms with van der Waals surface area (Å²) in [6.45, 7) is 2.18. The molecule has 0 aliphatic heterocycles. The van der Waals surface area contributed by atoms with Gasteiger partial charge in [0, 0.05) is 0 Å². The van der Waals surface area contributed by atoms with E-state index in [4.69, 9.17) is 10.2 Å². The first-order valence-electron chi connectivity index (χ1n) is 7.15. The summed E-state index contributed by atoms with van der Waals surface area (Å²) in [6.07, 6.45) is 7.86. The molecule has 0 atom stereocenters. The van der Waals surface area contributed by atoms with E-state index in [1.165, 1.54) is 37.8 Å². The van der Waals surface area contributed by atoms with E-state index >= 15 is 0 Å². The van der Waals surface area contributed by atoms with Crippen LogP contribution in [0.1, 0.15) is 71.7 Å². The fourth-order valence-electron chi connectivity index (χ4n) is 2.22. The molecular formula is C16H22O4. The average molecular weight is 278 g/mol. The lowest BCUT2D eigenvalue weighted by Gasteiger charge is -2.06. The highest BCUT2D eigenvalue weighted by molar-refractivity contribution is 6.01. The molecule has 0 unspecified atom stereocenters. The summed E-state index contributed by atoms with van der Waals surface area (Å²) in [6, 6.07) is 4.58. The highest BCUT2D eigenvalue weighted by Gasteiger charge is 2.15. The van der Waals surface area contributed by atoms with Crippen molar-refractivity contribution in [1.29, 1.82) is 0 Å². The summed E-state index contributed by atoms with van der Waals surface area (Å²) in [5, 5.41) is 18.0. The van der Waals surface area contributed by atoms with Gasteiger partial charge in [-0.3, -0.25) is 0 Å². The first kappa shape index (κ1) is 16.2. The van der Waals surface area contributed by atoms with Crippen LogP contribution in [0.4, 0.5) is 0 Å². The number of rotatable bonds is 9. The molecule has 20 heavy (non-hydrogen) atoms. The van der Waals surface area contributed by atoms with Crippen molar-refractivity contribution in [3.63, 3.8) is 0 Å². The number of carboxylic acid groups (broad SMARTS) is 2. The van der Waals surface area contributed by atoms with Gasteiger partial charge in [0.15, 0.2) is 0 Å². The number of benzene rings is 1. The van der Waals surface area contributed by atoms with Crippen molar-refractivity contribution < 1.29 is 19.8 Å². The van der Waals surface area contributed by atoms with Gasteiger partial charge in [-0.2, -0.15) is 0 Å². The smallest absolute Gasteiger partial charge is 0.336 e. The van der Waals surface area contributed by atoms with E-state index in [2.05, 4.69) is 6.92 Å². The molecule has 4 heteroatoms. The maximum Gasteiger partial charge on any atom is 0.336 e. The van der Waals surface area contributed by atoms with Crippen molar-refractivity contribution in [2.75, 3.05) is 0 Å². The second-order valence-electron chi connectivity index (χ2n) is 5.01. The Hall–Kier alpha value is -1.84. The van der Waals surface area contributed by atoms with Crippen LogP contribution in [0.2, 0.25) is 0 Å². The quantitative estimate of drug-likeness (QED) is 0.670. The molecule has 2 N–H and O–H groups in total. The molecule has 0 aliphatic rings. The van der Waals surface area contributed by atoms with Crippen molar-refractivity contribution in [1.82, 2.24) is 0 Å². The fourth-order valence-corrected chi connectivity index (χ4v) is 2.22. The molecule has 1 aromatic rings. The van der Waals surface area contributed by atoms with Crippen LogP contribution < -0.4 is 0 Å². The van der Waals surface area contributed by atoms with Gasteiger partial charge in [0.05, 0.1) is 11.1 Å². The summed E-state index contributed by atoms with van der Waals surface area (Å²) >= 11 is 0. The van der Waals surface area contributed by atoms with E-state index in [9.17, 15) is 9.59 Å². The zero-order valence-electron chi connectivity index (χ0n) is 11.9. The minimum atomic E-state index is -1.20. The minimum Gasteiger partial charge on any atom is -0.478 e. The third-order valence-electron chi connectivity index (χ3n) is 3.36. The van der Waals surface area contributed by atoms with Crippen molar-refractivity contribution in [3.8, 4) is 0 Å². The zero-order chi connectivity index (χ0) is 15.0. The Labute approximate surface area is 119 Å². The summed E-state index contributed by atoms with van der Waals surface area (Å²) < 4.78 is 0. The van der Waals surface area contributed by atoms with E-state index < -0.39 is 11.9 Å². The molecule has 110 valence electrons. The summed E-state index contributed by atoms with van der Waals surface area (Å²) in [5.41, 5.74) is 0.619. The van der Waals surface area contributed by atoms with Gasteiger partial charge in [0.1, 0.15) is 0 Å². The van der Waals surface area contributed by atoms with Crippen molar-refractivity contribution in [2.45, 2.75) is 51.9 Å². The van der Waals surface area contributed by atoms with Gasteiger partial charge in [-0.25, -0.2) is 9.59 Å². The van der Waals surface area contributed by atoms with Crippen LogP contribution in [0.5, 0.6) is 0 Å². The number of carbonyl (C=O) groups is 2. The van der Waals surface area contributed by atoms with Crippen LogP contribution in [0.3, 0.4) is 0 Å². The van der Waals surface area contributed by atoms with Crippen LogP contribution in [-0.2, 0) is 6.42 Å². The Morgan fingerprint density at radius 2 is 1.50 bits per heavy atom. The maximum absolute atomic E-state index is 11.1. The molecule has 0 bridgehead atoms. The Morgan fingerprint density at radius 3 is 2.10 bits per heavy atom. The Bertz CT molecular complexity index is 466. The molecule has 0 fully saturated rings. The molecular weight excluding hydrogens is 256 g/mol. The van der Waals surface area contributed by atoms with Gasteiger partial charge in [0.25, 0.3) is 0 Å². The molecule has 0 spiro atoms. The van der Waals surface area contributed by atoms with Crippen LogP contribution >= 0.6 is 0 Å². The molecule has 4 nitrogen and oxygen atoms in total. The molecule has 0 aromatic heterocycles.